The molecule has 0 N–H and O–H groups in total. The van der Waals surface area contributed by atoms with E-state index in [0.29, 0.717) is 31.2 Å². The first-order valence-corrected chi connectivity index (χ1v) is 9.62. The van der Waals surface area contributed by atoms with E-state index in [1.807, 2.05) is 56.0 Å². The molecule has 1 aromatic heterocycles. The van der Waals surface area contributed by atoms with Crippen molar-refractivity contribution in [2.24, 2.45) is 0 Å². The number of nitrogens with zero attached hydrogens (tertiary/aromatic N) is 4. The van der Waals surface area contributed by atoms with Crippen molar-refractivity contribution in [2.75, 3.05) is 38.2 Å². The Labute approximate surface area is 166 Å². The van der Waals surface area contributed by atoms with Gasteiger partial charge in [0.2, 0.25) is 11.8 Å². The van der Waals surface area contributed by atoms with Crippen LogP contribution in [0.5, 0.6) is 11.6 Å². The Morgan fingerprint density at radius 2 is 1.79 bits per heavy atom. The molecule has 0 bridgehead atoms. The Morgan fingerprint density at radius 3 is 2.39 bits per heavy atom. The van der Waals surface area contributed by atoms with Crippen LogP contribution in [0, 0.1) is 6.92 Å². The van der Waals surface area contributed by atoms with Gasteiger partial charge in [0, 0.05) is 32.2 Å². The van der Waals surface area contributed by atoms with Gasteiger partial charge in [0.15, 0.2) is 0 Å². The number of methoxy groups -OCH3 is 1. The van der Waals surface area contributed by atoms with Crippen molar-refractivity contribution in [1.82, 2.24) is 14.9 Å². The number of carbonyl (C=O) groups is 1. The average molecular weight is 384 g/mol. The summed E-state index contributed by atoms with van der Waals surface area (Å²) in [6.07, 6.45) is 0.470. The SMILES string of the molecule is COc1ccc(CC(=O)N2CCN(c3cc(OC(C)C)nc(C)n3)CC2)cc1. The Hall–Kier alpha value is -2.83. The molecule has 7 heteroatoms. The number of aromatic nitrogens is 2. The molecule has 2 aromatic rings. The molecular weight excluding hydrogens is 356 g/mol. The number of anilines is 1. The number of hydrogen-bond donors (Lipinski definition) is 0. The number of aryl methyl sites for hydroxylation is 1. The lowest BCUT2D eigenvalue weighted by molar-refractivity contribution is -0.130. The average Bonchev–Trinajstić information content (AvgIpc) is 2.67. The molecule has 1 aliphatic rings. The van der Waals surface area contributed by atoms with Gasteiger partial charge in [-0.2, -0.15) is 4.98 Å². The summed E-state index contributed by atoms with van der Waals surface area (Å²) < 4.78 is 10.9. The minimum Gasteiger partial charge on any atom is -0.497 e. The number of carbonyl (C=O) groups excluding carboxylic acids is 1. The van der Waals surface area contributed by atoms with E-state index >= 15 is 0 Å². The maximum Gasteiger partial charge on any atom is 0.227 e. The summed E-state index contributed by atoms with van der Waals surface area (Å²) in [5, 5.41) is 0. The molecule has 0 spiro atoms. The topological polar surface area (TPSA) is 67.8 Å². The van der Waals surface area contributed by atoms with E-state index in [4.69, 9.17) is 9.47 Å². The second-order valence-corrected chi connectivity index (χ2v) is 7.17. The molecule has 0 radical (unpaired) electrons. The normalized spacial score (nSPS) is 14.3. The Bertz CT molecular complexity index is 800. The molecule has 0 saturated carbocycles. The molecule has 0 unspecified atom stereocenters. The van der Waals surface area contributed by atoms with Crippen molar-refractivity contribution in [3.05, 3.63) is 41.7 Å². The van der Waals surface area contributed by atoms with Gasteiger partial charge in [-0.25, -0.2) is 4.98 Å². The van der Waals surface area contributed by atoms with E-state index in [-0.39, 0.29) is 12.0 Å². The summed E-state index contributed by atoms with van der Waals surface area (Å²) in [6, 6.07) is 9.52. The molecule has 0 atom stereocenters. The van der Waals surface area contributed by atoms with Crippen LogP contribution in [0.15, 0.2) is 30.3 Å². The van der Waals surface area contributed by atoms with Gasteiger partial charge in [-0.15, -0.1) is 0 Å². The van der Waals surface area contributed by atoms with E-state index < -0.39 is 0 Å². The lowest BCUT2D eigenvalue weighted by atomic mass is 10.1. The van der Waals surface area contributed by atoms with Gasteiger partial charge in [0.05, 0.1) is 19.6 Å². The van der Waals surface area contributed by atoms with E-state index in [2.05, 4.69) is 14.9 Å². The summed E-state index contributed by atoms with van der Waals surface area (Å²) in [6.45, 7) is 8.66. The predicted molar refractivity (Wildman–Crippen MR) is 108 cm³/mol. The number of amides is 1. The molecule has 7 nitrogen and oxygen atoms in total. The lowest BCUT2D eigenvalue weighted by Gasteiger charge is -2.35. The molecular formula is C21H28N4O3. The molecule has 28 heavy (non-hydrogen) atoms. The summed E-state index contributed by atoms with van der Waals surface area (Å²) >= 11 is 0. The maximum atomic E-state index is 12.6. The highest BCUT2D eigenvalue weighted by Crippen LogP contribution is 2.20. The minimum absolute atomic E-state index is 0.0644. The fourth-order valence-electron chi connectivity index (χ4n) is 3.20. The first-order chi connectivity index (χ1) is 13.4. The highest BCUT2D eigenvalue weighted by atomic mass is 16.5. The van der Waals surface area contributed by atoms with Crippen LogP contribution in [0.1, 0.15) is 25.2 Å². The van der Waals surface area contributed by atoms with Crippen LogP contribution in [0.2, 0.25) is 0 Å². The molecule has 0 aliphatic carbocycles. The Kier molecular flexibility index (Phi) is 6.34. The summed E-state index contributed by atoms with van der Waals surface area (Å²) in [7, 11) is 1.64. The zero-order valence-corrected chi connectivity index (χ0v) is 17.0. The van der Waals surface area contributed by atoms with Crippen molar-refractivity contribution >= 4 is 11.7 Å². The second-order valence-electron chi connectivity index (χ2n) is 7.17. The molecule has 2 heterocycles. The maximum absolute atomic E-state index is 12.6. The fraction of sp³-hybridized carbons (Fsp3) is 0.476. The van der Waals surface area contributed by atoms with Crippen LogP contribution in [0.4, 0.5) is 5.82 Å². The molecule has 1 aromatic carbocycles. The summed E-state index contributed by atoms with van der Waals surface area (Å²) in [4.78, 5) is 25.6. The van der Waals surface area contributed by atoms with Gasteiger partial charge >= 0.3 is 0 Å². The monoisotopic (exact) mass is 384 g/mol. The number of rotatable bonds is 6. The summed E-state index contributed by atoms with van der Waals surface area (Å²) in [5.41, 5.74) is 0.995. The molecule has 150 valence electrons. The van der Waals surface area contributed by atoms with Crippen molar-refractivity contribution in [1.29, 1.82) is 0 Å². The first-order valence-electron chi connectivity index (χ1n) is 9.62. The summed E-state index contributed by atoms with van der Waals surface area (Å²) in [5.74, 6) is 3.07. The third kappa shape index (κ3) is 5.12. The first kappa shape index (κ1) is 19.9. The van der Waals surface area contributed by atoms with E-state index in [0.717, 1.165) is 30.2 Å². The Morgan fingerprint density at radius 1 is 1.11 bits per heavy atom. The fourth-order valence-corrected chi connectivity index (χ4v) is 3.20. The van der Waals surface area contributed by atoms with Crippen LogP contribution < -0.4 is 14.4 Å². The van der Waals surface area contributed by atoms with Crippen LogP contribution in [-0.4, -0.2) is 60.2 Å². The quantitative estimate of drug-likeness (QED) is 0.762. The highest BCUT2D eigenvalue weighted by molar-refractivity contribution is 5.79. The standard InChI is InChI=1S/C21H28N4O3/c1-15(2)28-20-14-19(22-16(3)23-20)24-9-11-25(12-10-24)21(26)13-17-5-7-18(27-4)8-6-17/h5-8,14-15H,9-13H2,1-4H3. The zero-order valence-electron chi connectivity index (χ0n) is 17.0. The third-order valence-corrected chi connectivity index (χ3v) is 4.63. The lowest BCUT2D eigenvalue weighted by Crippen LogP contribution is -2.49. The van der Waals surface area contributed by atoms with Crippen LogP contribution in [0.3, 0.4) is 0 Å². The van der Waals surface area contributed by atoms with Gasteiger partial charge in [0.25, 0.3) is 0 Å². The smallest absolute Gasteiger partial charge is 0.227 e. The van der Waals surface area contributed by atoms with E-state index in [1.165, 1.54) is 0 Å². The number of piperazine rings is 1. The van der Waals surface area contributed by atoms with Crippen molar-refractivity contribution in [3.8, 4) is 11.6 Å². The predicted octanol–water partition coefficient (Wildman–Crippen LogP) is 2.47. The highest BCUT2D eigenvalue weighted by Gasteiger charge is 2.23. The van der Waals surface area contributed by atoms with Gasteiger partial charge in [-0.1, -0.05) is 12.1 Å². The molecule has 1 aliphatic heterocycles. The van der Waals surface area contributed by atoms with Crippen LogP contribution in [-0.2, 0) is 11.2 Å². The molecule has 1 fully saturated rings. The van der Waals surface area contributed by atoms with Crippen LogP contribution >= 0.6 is 0 Å². The van der Waals surface area contributed by atoms with Gasteiger partial charge in [-0.3, -0.25) is 4.79 Å². The van der Waals surface area contributed by atoms with E-state index in [1.54, 1.807) is 7.11 Å². The van der Waals surface area contributed by atoms with Crippen molar-refractivity contribution in [3.63, 3.8) is 0 Å². The van der Waals surface area contributed by atoms with E-state index in [9.17, 15) is 4.79 Å². The van der Waals surface area contributed by atoms with Crippen molar-refractivity contribution < 1.29 is 14.3 Å². The third-order valence-electron chi connectivity index (χ3n) is 4.63. The minimum atomic E-state index is 0.0644. The molecule has 1 saturated heterocycles. The second kappa shape index (κ2) is 8.91. The zero-order chi connectivity index (χ0) is 20.1. The van der Waals surface area contributed by atoms with Gasteiger partial charge < -0.3 is 19.3 Å². The Balaban J connectivity index is 1.57. The molecule has 1 amide bonds. The molecule has 3 rings (SSSR count). The largest absolute Gasteiger partial charge is 0.497 e. The van der Waals surface area contributed by atoms with Crippen molar-refractivity contribution in [2.45, 2.75) is 33.3 Å². The number of ether oxygens (including phenoxy) is 2. The number of hydrogen-bond acceptors (Lipinski definition) is 6. The number of benzene rings is 1. The van der Waals surface area contributed by atoms with Gasteiger partial charge in [-0.05, 0) is 38.5 Å². The van der Waals surface area contributed by atoms with Gasteiger partial charge in [0.1, 0.15) is 17.4 Å². The van der Waals surface area contributed by atoms with Crippen LogP contribution in [0.25, 0.3) is 0 Å².